The van der Waals surface area contributed by atoms with Crippen molar-refractivity contribution in [3.63, 3.8) is 0 Å². The van der Waals surface area contributed by atoms with E-state index in [1.165, 1.54) is 4.68 Å². The Morgan fingerprint density at radius 1 is 0.967 bits per heavy atom. The van der Waals surface area contributed by atoms with E-state index in [-0.39, 0.29) is 23.7 Å². The van der Waals surface area contributed by atoms with Crippen molar-refractivity contribution in [1.82, 2.24) is 14.7 Å². The molecule has 0 N–H and O–H groups in total. The molecule has 0 spiro atoms. The molecule has 1 aliphatic heterocycles. The van der Waals surface area contributed by atoms with Crippen LogP contribution in [0.4, 0.5) is 0 Å². The number of fused-ring (bicyclic) bond motifs is 1. The highest BCUT2D eigenvalue weighted by Crippen LogP contribution is 2.16. The van der Waals surface area contributed by atoms with Gasteiger partial charge in [-0.2, -0.15) is 5.10 Å². The number of rotatable bonds is 5. The molecule has 2 heterocycles. The van der Waals surface area contributed by atoms with Gasteiger partial charge < -0.3 is 4.74 Å². The smallest absolute Gasteiger partial charge is 0.359 e. The van der Waals surface area contributed by atoms with Crippen LogP contribution in [0, 0.1) is 0 Å². The molecule has 0 bridgehead atoms. The van der Waals surface area contributed by atoms with Gasteiger partial charge in [0.1, 0.15) is 0 Å². The molecule has 1 aliphatic rings. The summed E-state index contributed by atoms with van der Waals surface area (Å²) in [6.45, 7) is -0.0389. The molecule has 0 atom stereocenters. The first-order chi connectivity index (χ1) is 14.5. The van der Waals surface area contributed by atoms with Crippen LogP contribution < -0.4 is 5.56 Å². The van der Waals surface area contributed by atoms with E-state index in [1.807, 2.05) is 30.3 Å². The van der Waals surface area contributed by atoms with Crippen molar-refractivity contribution in [2.24, 2.45) is 0 Å². The lowest BCUT2D eigenvalue weighted by molar-refractivity contribution is -0.143. The Kier molecular flexibility index (Phi) is 5.38. The van der Waals surface area contributed by atoms with Gasteiger partial charge in [0.25, 0.3) is 11.5 Å². The zero-order valence-corrected chi connectivity index (χ0v) is 16.1. The Labute approximate surface area is 171 Å². The minimum Gasteiger partial charge on any atom is -0.451 e. The second-order valence-corrected chi connectivity index (χ2v) is 6.96. The fourth-order valence-electron chi connectivity index (χ4n) is 3.43. The molecule has 2 amide bonds. The van der Waals surface area contributed by atoms with Crippen molar-refractivity contribution in [3.05, 3.63) is 76.2 Å². The first-order valence-electron chi connectivity index (χ1n) is 9.58. The molecule has 4 rings (SSSR count). The van der Waals surface area contributed by atoms with Crippen LogP contribution in [0.3, 0.4) is 0 Å². The number of aromatic nitrogens is 2. The number of benzene rings is 2. The number of nitrogens with zero attached hydrogens (tertiary/aromatic N) is 3. The molecule has 8 heteroatoms. The molecule has 3 aromatic rings. The average molecular weight is 405 g/mol. The molecule has 2 aromatic carbocycles. The van der Waals surface area contributed by atoms with Gasteiger partial charge in [0.15, 0.2) is 12.3 Å². The van der Waals surface area contributed by atoms with Crippen molar-refractivity contribution in [3.8, 4) is 0 Å². The van der Waals surface area contributed by atoms with Gasteiger partial charge in [-0.25, -0.2) is 9.48 Å². The van der Waals surface area contributed by atoms with Crippen molar-refractivity contribution in [2.45, 2.75) is 19.4 Å². The van der Waals surface area contributed by atoms with E-state index in [0.29, 0.717) is 30.2 Å². The summed E-state index contributed by atoms with van der Waals surface area (Å²) in [5.74, 6) is -1.66. The quantitative estimate of drug-likeness (QED) is 0.600. The highest BCUT2D eigenvalue weighted by Gasteiger charge is 2.27. The Balaban J connectivity index is 1.63. The topological polar surface area (TPSA) is 98.6 Å². The lowest BCUT2D eigenvalue weighted by Gasteiger charge is -2.14. The van der Waals surface area contributed by atoms with Crippen molar-refractivity contribution >= 4 is 28.6 Å². The molecule has 8 nitrogen and oxygen atoms in total. The van der Waals surface area contributed by atoms with Gasteiger partial charge in [0, 0.05) is 18.4 Å². The summed E-state index contributed by atoms with van der Waals surface area (Å²) in [5.41, 5.74) is 0.468. The maximum absolute atomic E-state index is 12.8. The van der Waals surface area contributed by atoms with Crippen LogP contribution in [0.15, 0.2) is 59.4 Å². The molecule has 0 saturated carbocycles. The second-order valence-electron chi connectivity index (χ2n) is 6.96. The summed E-state index contributed by atoms with van der Waals surface area (Å²) in [7, 11) is 0. The van der Waals surface area contributed by atoms with Crippen LogP contribution >= 0.6 is 0 Å². The molecule has 1 aromatic heterocycles. The summed E-state index contributed by atoms with van der Waals surface area (Å²) in [4.78, 5) is 50.5. The molecule has 1 fully saturated rings. The number of ether oxygens (including phenoxy) is 1. The van der Waals surface area contributed by atoms with Gasteiger partial charge >= 0.3 is 5.97 Å². The normalized spacial score (nSPS) is 13.6. The first-order valence-corrected chi connectivity index (χ1v) is 9.58. The lowest BCUT2D eigenvalue weighted by atomic mass is 10.1. The van der Waals surface area contributed by atoms with E-state index in [9.17, 15) is 19.2 Å². The first kappa shape index (κ1) is 19.5. The number of hydrogen-bond donors (Lipinski definition) is 0. The van der Waals surface area contributed by atoms with E-state index >= 15 is 0 Å². The van der Waals surface area contributed by atoms with E-state index in [2.05, 4.69) is 5.10 Å². The fraction of sp³-hybridized carbons (Fsp3) is 0.227. The minimum absolute atomic E-state index is 0.0540. The summed E-state index contributed by atoms with van der Waals surface area (Å²) >= 11 is 0. The predicted molar refractivity (Wildman–Crippen MR) is 108 cm³/mol. The summed E-state index contributed by atoms with van der Waals surface area (Å²) in [5, 5.41) is 4.90. The zero-order chi connectivity index (χ0) is 21.1. The molecule has 0 aliphatic carbocycles. The molecule has 30 heavy (non-hydrogen) atoms. The van der Waals surface area contributed by atoms with E-state index < -0.39 is 18.5 Å². The average Bonchev–Trinajstić information content (AvgIpc) is 3.20. The molecular weight excluding hydrogens is 386 g/mol. The summed E-state index contributed by atoms with van der Waals surface area (Å²) in [6, 6.07) is 15.9. The van der Waals surface area contributed by atoms with Crippen LogP contribution in [0.25, 0.3) is 10.8 Å². The van der Waals surface area contributed by atoms with Gasteiger partial charge in [-0.15, -0.1) is 0 Å². The highest BCUT2D eigenvalue weighted by atomic mass is 16.5. The maximum atomic E-state index is 12.8. The van der Waals surface area contributed by atoms with Gasteiger partial charge in [-0.05, 0) is 18.1 Å². The van der Waals surface area contributed by atoms with Crippen LogP contribution in [0.2, 0.25) is 0 Å². The Bertz CT molecular complexity index is 1190. The van der Waals surface area contributed by atoms with Crippen LogP contribution in [-0.4, -0.2) is 45.6 Å². The Morgan fingerprint density at radius 2 is 1.67 bits per heavy atom. The third-order valence-electron chi connectivity index (χ3n) is 4.94. The Hall–Kier alpha value is -3.81. The Morgan fingerprint density at radius 3 is 2.37 bits per heavy atom. The largest absolute Gasteiger partial charge is 0.451 e. The molecular formula is C22H19N3O5. The van der Waals surface area contributed by atoms with Crippen molar-refractivity contribution in [1.29, 1.82) is 0 Å². The van der Waals surface area contributed by atoms with Crippen molar-refractivity contribution < 1.29 is 19.1 Å². The SMILES string of the molecule is O=C(OCC(=O)N1CCCC1=O)c1nn(Cc2ccccc2)c(=O)c2ccccc12. The van der Waals surface area contributed by atoms with E-state index in [4.69, 9.17) is 4.74 Å². The third kappa shape index (κ3) is 3.84. The number of amides is 2. The van der Waals surface area contributed by atoms with Gasteiger partial charge in [0.05, 0.1) is 11.9 Å². The van der Waals surface area contributed by atoms with Crippen LogP contribution in [0.5, 0.6) is 0 Å². The highest BCUT2D eigenvalue weighted by molar-refractivity contribution is 6.03. The van der Waals surface area contributed by atoms with Crippen LogP contribution in [-0.2, 0) is 20.9 Å². The van der Waals surface area contributed by atoms with E-state index in [1.54, 1.807) is 24.3 Å². The lowest BCUT2D eigenvalue weighted by Crippen LogP contribution is -2.35. The minimum atomic E-state index is -0.826. The predicted octanol–water partition coefficient (Wildman–Crippen LogP) is 1.75. The number of esters is 1. The zero-order valence-electron chi connectivity index (χ0n) is 16.1. The second kappa shape index (κ2) is 8.28. The van der Waals surface area contributed by atoms with Gasteiger partial charge in [-0.3, -0.25) is 19.3 Å². The molecule has 152 valence electrons. The number of imide groups is 1. The molecule has 0 unspecified atom stereocenters. The molecule has 1 saturated heterocycles. The monoisotopic (exact) mass is 405 g/mol. The number of carbonyl (C=O) groups excluding carboxylic acids is 3. The summed E-state index contributed by atoms with van der Waals surface area (Å²) in [6.07, 6.45) is 0.922. The van der Waals surface area contributed by atoms with Gasteiger partial charge in [-0.1, -0.05) is 48.5 Å². The van der Waals surface area contributed by atoms with Crippen LogP contribution in [0.1, 0.15) is 28.9 Å². The summed E-state index contributed by atoms with van der Waals surface area (Å²) < 4.78 is 6.35. The number of hydrogen-bond acceptors (Lipinski definition) is 6. The molecule has 0 radical (unpaired) electrons. The van der Waals surface area contributed by atoms with E-state index in [0.717, 1.165) is 10.5 Å². The van der Waals surface area contributed by atoms with Crippen molar-refractivity contribution in [2.75, 3.05) is 13.2 Å². The maximum Gasteiger partial charge on any atom is 0.359 e. The standard InChI is InChI=1S/C22H19N3O5/c26-18-11-6-12-24(18)19(27)14-30-22(29)20-16-9-4-5-10-17(16)21(28)25(23-20)13-15-7-2-1-3-8-15/h1-5,7-10H,6,11-14H2. The number of likely N-dealkylation sites (tertiary alicyclic amines) is 1. The number of carbonyl (C=O) groups is 3. The van der Waals surface area contributed by atoms with Gasteiger partial charge in [0.2, 0.25) is 5.91 Å². The fourth-order valence-corrected chi connectivity index (χ4v) is 3.43. The third-order valence-corrected chi connectivity index (χ3v) is 4.94.